The molecule has 34 heavy (non-hydrogen) atoms. The number of allylic oxidation sites excluding steroid dienone is 2. The zero-order chi connectivity index (χ0) is 24.6. The van der Waals surface area contributed by atoms with Gasteiger partial charge in [-0.15, -0.1) is 10.2 Å². The SMILES string of the molecule is CC(C)(C)OC(=O)CC(NC(=O)OCc1ccccc1)C(=O)Cn1nnc(C2C=CCCC2)n1. The molecule has 10 heteroatoms. The van der Waals surface area contributed by atoms with Crippen molar-refractivity contribution in [3.63, 3.8) is 0 Å². The predicted octanol–water partition coefficient (Wildman–Crippen LogP) is 3.09. The second-order valence-corrected chi connectivity index (χ2v) is 9.16. The second-order valence-electron chi connectivity index (χ2n) is 9.16. The molecule has 0 radical (unpaired) electrons. The normalized spacial score (nSPS) is 16.5. The highest BCUT2D eigenvalue weighted by Gasteiger charge is 2.28. The first-order valence-electron chi connectivity index (χ1n) is 11.4. The number of aromatic nitrogens is 4. The van der Waals surface area contributed by atoms with E-state index in [2.05, 4.69) is 26.8 Å². The minimum atomic E-state index is -1.16. The molecule has 2 unspecified atom stereocenters. The van der Waals surface area contributed by atoms with Crippen LogP contribution in [0.3, 0.4) is 0 Å². The van der Waals surface area contributed by atoms with Crippen LogP contribution in [0.25, 0.3) is 0 Å². The van der Waals surface area contributed by atoms with Crippen molar-refractivity contribution in [2.45, 2.75) is 77.2 Å². The Balaban J connectivity index is 1.64. The maximum Gasteiger partial charge on any atom is 0.408 e. The number of nitrogens with zero attached hydrogens (tertiary/aromatic N) is 4. The van der Waals surface area contributed by atoms with E-state index < -0.39 is 29.5 Å². The third kappa shape index (κ3) is 8.09. The fourth-order valence-electron chi connectivity index (χ4n) is 3.45. The number of carbonyl (C=O) groups is 3. The molecule has 3 rings (SSSR count). The zero-order valence-electron chi connectivity index (χ0n) is 19.8. The third-order valence-electron chi connectivity index (χ3n) is 5.04. The predicted molar refractivity (Wildman–Crippen MR) is 123 cm³/mol. The summed E-state index contributed by atoms with van der Waals surface area (Å²) in [5.41, 5.74) is 0.0674. The molecule has 0 spiro atoms. The van der Waals surface area contributed by atoms with Gasteiger partial charge in [-0.3, -0.25) is 9.59 Å². The summed E-state index contributed by atoms with van der Waals surface area (Å²) < 4.78 is 10.5. The topological polar surface area (TPSA) is 125 Å². The standard InChI is InChI=1S/C24H31N5O5/c1-24(2,3)34-21(31)14-19(25-23(32)33-16-17-10-6-4-7-11-17)20(30)15-29-27-22(26-28-29)18-12-8-5-9-13-18/h4,6-8,10-12,18-19H,5,9,13-16H2,1-3H3,(H,25,32). The lowest BCUT2D eigenvalue weighted by atomic mass is 9.96. The molecule has 1 amide bonds. The summed E-state index contributed by atoms with van der Waals surface area (Å²) in [5.74, 6) is -0.469. The van der Waals surface area contributed by atoms with E-state index in [1.54, 1.807) is 20.8 Å². The maximum absolute atomic E-state index is 13.0. The number of hydrogen-bond acceptors (Lipinski definition) is 8. The average molecular weight is 470 g/mol. The Morgan fingerprint density at radius 1 is 1.21 bits per heavy atom. The lowest BCUT2D eigenvalue weighted by Gasteiger charge is -2.22. The number of benzene rings is 1. The van der Waals surface area contributed by atoms with E-state index in [0.29, 0.717) is 5.82 Å². The minimum Gasteiger partial charge on any atom is -0.460 e. The van der Waals surface area contributed by atoms with Gasteiger partial charge in [0, 0.05) is 5.92 Å². The van der Waals surface area contributed by atoms with Gasteiger partial charge >= 0.3 is 12.1 Å². The van der Waals surface area contributed by atoms with Crippen molar-refractivity contribution < 1.29 is 23.9 Å². The molecule has 0 saturated heterocycles. The Hall–Kier alpha value is -3.56. The molecule has 0 aliphatic heterocycles. The minimum absolute atomic E-state index is 0.0307. The number of Topliss-reactive ketones (excluding diaryl/α,β-unsaturated/α-hetero) is 1. The lowest BCUT2D eigenvalue weighted by molar-refractivity contribution is -0.156. The van der Waals surface area contributed by atoms with Crippen LogP contribution in [0.5, 0.6) is 0 Å². The van der Waals surface area contributed by atoms with Crippen molar-refractivity contribution in [3.05, 3.63) is 53.9 Å². The first kappa shape index (κ1) is 25.1. The third-order valence-corrected chi connectivity index (χ3v) is 5.04. The van der Waals surface area contributed by atoms with Crippen LogP contribution in [0.15, 0.2) is 42.5 Å². The molecular formula is C24H31N5O5. The van der Waals surface area contributed by atoms with E-state index in [9.17, 15) is 14.4 Å². The van der Waals surface area contributed by atoms with Crippen molar-refractivity contribution >= 4 is 17.8 Å². The van der Waals surface area contributed by atoms with Gasteiger partial charge in [0.2, 0.25) is 0 Å². The summed E-state index contributed by atoms with van der Waals surface area (Å²) in [6.07, 6.45) is 5.97. The number of ether oxygens (including phenoxy) is 2. The summed E-state index contributed by atoms with van der Waals surface area (Å²) >= 11 is 0. The summed E-state index contributed by atoms with van der Waals surface area (Å²) in [6, 6.07) is 7.97. The summed E-state index contributed by atoms with van der Waals surface area (Å²) in [5, 5.41) is 14.8. The molecule has 182 valence electrons. The molecule has 0 bridgehead atoms. The molecule has 1 aromatic carbocycles. The summed E-state index contributed by atoms with van der Waals surface area (Å²) in [6.45, 7) is 4.95. The number of nitrogens with one attached hydrogen (secondary N) is 1. The highest BCUT2D eigenvalue weighted by atomic mass is 16.6. The molecule has 0 fully saturated rings. The highest BCUT2D eigenvalue weighted by Crippen LogP contribution is 2.24. The van der Waals surface area contributed by atoms with Crippen molar-refractivity contribution in [3.8, 4) is 0 Å². The average Bonchev–Trinajstić information content (AvgIpc) is 3.26. The number of tetrazole rings is 1. The number of esters is 1. The fourth-order valence-corrected chi connectivity index (χ4v) is 3.45. The number of hydrogen-bond donors (Lipinski definition) is 1. The Labute approximate surface area is 198 Å². The van der Waals surface area contributed by atoms with Gasteiger partial charge in [-0.2, -0.15) is 4.80 Å². The van der Waals surface area contributed by atoms with Gasteiger partial charge in [0.15, 0.2) is 11.6 Å². The molecule has 1 aliphatic rings. The Kier molecular flexibility index (Phi) is 8.50. The van der Waals surface area contributed by atoms with Crippen LogP contribution in [0, 0.1) is 0 Å². The van der Waals surface area contributed by atoms with Crippen LogP contribution in [-0.4, -0.2) is 49.7 Å². The van der Waals surface area contributed by atoms with E-state index in [1.807, 2.05) is 36.4 Å². The van der Waals surface area contributed by atoms with Crippen LogP contribution in [-0.2, 0) is 32.2 Å². The number of ketones is 1. The maximum atomic E-state index is 13.0. The van der Waals surface area contributed by atoms with Crippen LogP contribution >= 0.6 is 0 Å². The number of alkyl carbamates (subject to hydrolysis) is 1. The van der Waals surface area contributed by atoms with Crippen LogP contribution in [0.4, 0.5) is 4.79 Å². The van der Waals surface area contributed by atoms with Crippen LogP contribution in [0.2, 0.25) is 0 Å². The van der Waals surface area contributed by atoms with Gasteiger partial charge < -0.3 is 14.8 Å². The van der Waals surface area contributed by atoms with Gasteiger partial charge in [-0.25, -0.2) is 4.79 Å². The van der Waals surface area contributed by atoms with Crippen molar-refractivity contribution in [2.24, 2.45) is 0 Å². The van der Waals surface area contributed by atoms with Gasteiger partial charge in [-0.05, 0) is 50.8 Å². The zero-order valence-corrected chi connectivity index (χ0v) is 19.8. The van der Waals surface area contributed by atoms with E-state index in [1.165, 1.54) is 4.80 Å². The Morgan fingerprint density at radius 2 is 1.97 bits per heavy atom. The first-order valence-corrected chi connectivity index (χ1v) is 11.4. The van der Waals surface area contributed by atoms with Gasteiger partial charge in [0.1, 0.15) is 24.8 Å². The molecule has 1 aromatic heterocycles. The van der Waals surface area contributed by atoms with Crippen molar-refractivity contribution in [1.29, 1.82) is 0 Å². The molecule has 1 aliphatic carbocycles. The van der Waals surface area contributed by atoms with E-state index in [0.717, 1.165) is 24.8 Å². The molecule has 1 heterocycles. The van der Waals surface area contributed by atoms with E-state index in [-0.39, 0.29) is 25.5 Å². The Bertz CT molecular complexity index is 1010. The van der Waals surface area contributed by atoms with Gasteiger partial charge in [0.25, 0.3) is 0 Å². The molecule has 2 atom stereocenters. The smallest absolute Gasteiger partial charge is 0.408 e. The summed E-state index contributed by atoms with van der Waals surface area (Å²) in [4.78, 5) is 38.9. The first-order chi connectivity index (χ1) is 16.2. The lowest BCUT2D eigenvalue weighted by Crippen LogP contribution is -2.45. The number of rotatable bonds is 9. The molecular weight excluding hydrogens is 438 g/mol. The van der Waals surface area contributed by atoms with Crippen molar-refractivity contribution in [2.75, 3.05) is 0 Å². The molecule has 10 nitrogen and oxygen atoms in total. The summed E-state index contributed by atoms with van der Waals surface area (Å²) in [7, 11) is 0. The number of carbonyl (C=O) groups excluding carboxylic acids is 3. The largest absolute Gasteiger partial charge is 0.460 e. The van der Waals surface area contributed by atoms with Gasteiger partial charge in [0.05, 0.1) is 6.42 Å². The van der Waals surface area contributed by atoms with E-state index >= 15 is 0 Å². The van der Waals surface area contributed by atoms with E-state index in [4.69, 9.17) is 9.47 Å². The molecule has 1 N–H and O–H groups in total. The Morgan fingerprint density at radius 3 is 2.65 bits per heavy atom. The number of amides is 1. The fraction of sp³-hybridized carbons (Fsp3) is 0.500. The molecule has 2 aromatic rings. The highest BCUT2D eigenvalue weighted by molar-refractivity contribution is 5.90. The quantitative estimate of drug-likeness (QED) is 0.439. The monoisotopic (exact) mass is 469 g/mol. The second kappa shape index (κ2) is 11.5. The van der Waals surface area contributed by atoms with Crippen LogP contribution < -0.4 is 5.32 Å². The van der Waals surface area contributed by atoms with Gasteiger partial charge in [-0.1, -0.05) is 42.5 Å². The molecule has 0 saturated carbocycles. The van der Waals surface area contributed by atoms with Crippen LogP contribution in [0.1, 0.15) is 63.8 Å². The van der Waals surface area contributed by atoms with Crippen molar-refractivity contribution in [1.82, 2.24) is 25.5 Å².